The molecule has 3 aromatic rings. The second-order valence-corrected chi connectivity index (χ2v) is 11.6. The summed E-state index contributed by atoms with van der Waals surface area (Å²) in [5, 5.41) is 17.2. The number of phenols is 1. The maximum Gasteiger partial charge on any atom is 0.410 e. The summed E-state index contributed by atoms with van der Waals surface area (Å²) in [5.74, 6) is -0.777. The first-order valence-corrected chi connectivity index (χ1v) is 14.1. The molecule has 3 aromatic carbocycles. The third kappa shape index (κ3) is 5.69. The summed E-state index contributed by atoms with van der Waals surface area (Å²) in [6, 6.07) is 13.6. The number of fused-ring (bicyclic) bond motifs is 1. The van der Waals surface area contributed by atoms with Gasteiger partial charge in [-0.3, -0.25) is 14.4 Å². The third-order valence-electron chi connectivity index (χ3n) is 7.58. The minimum atomic E-state index is -0.708. The van der Waals surface area contributed by atoms with E-state index in [0.717, 1.165) is 5.56 Å². The van der Waals surface area contributed by atoms with E-state index in [2.05, 4.69) is 10.6 Å². The maximum atomic E-state index is 13.7. The average Bonchev–Trinajstić information content (AvgIpc) is 3.42. The van der Waals surface area contributed by atoms with Gasteiger partial charge in [-0.05, 0) is 44.9 Å². The standard InChI is InChI=1S/C31H36N4O7/c1-5-20(18-10-7-6-8-11-18)32-24-25(28(38)27(24)37)33-21-13-9-12-19(26(21)36)29(39)35-14-15-41-23-17-34(16-22(23)35)30(40)42-31(2,3)4/h6-13,20,22-23,32-33,36H,5,14-17H2,1-4H3/t20-,22-,23-/m1/s1. The van der Waals surface area contributed by atoms with E-state index in [-0.39, 0.29) is 60.2 Å². The molecule has 3 atom stereocenters. The Kier molecular flexibility index (Phi) is 7.96. The average molecular weight is 577 g/mol. The minimum absolute atomic E-state index is 0.0281. The normalized spacial score (nSPS) is 19.3. The van der Waals surface area contributed by atoms with Gasteiger partial charge in [0.2, 0.25) is 0 Å². The largest absolute Gasteiger partial charge is 0.505 e. The third-order valence-corrected chi connectivity index (χ3v) is 7.58. The number of rotatable bonds is 7. The Bertz CT molecular complexity index is 1540. The molecule has 0 saturated carbocycles. The van der Waals surface area contributed by atoms with Crippen molar-refractivity contribution in [3.63, 3.8) is 0 Å². The summed E-state index contributed by atoms with van der Waals surface area (Å²) in [6.07, 6.45) is -0.186. The molecule has 0 bridgehead atoms. The van der Waals surface area contributed by atoms with Crippen LogP contribution in [0, 0.1) is 0 Å². The number of ether oxygens (including phenoxy) is 2. The van der Waals surface area contributed by atoms with Gasteiger partial charge in [0.05, 0.1) is 42.6 Å². The van der Waals surface area contributed by atoms with Crippen molar-refractivity contribution in [2.75, 3.05) is 36.9 Å². The summed E-state index contributed by atoms with van der Waals surface area (Å²) in [6.45, 7) is 8.43. The highest BCUT2D eigenvalue weighted by Crippen LogP contribution is 2.35. The number of phenolic OH excluding ortho intramolecular Hbond substituents is 1. The number of hydrogen-bond acceptors (Lipinski definition) is 9. The van der Waals surface area contributed by atoms with Crippen LogP contribution in [-0.4, -0.2) is 70.9 Å². The molecule has 2 aliphatic heterocycles. The summed E-state index contributed by atoms with van der Waals surface area (Å²) in [5.41, 5.74) is -0.724. The SMILES string of the molecule is CC[C@@H](Nc1c(Nc2cccc(C(=O)N3CCO[C@@H]4CN(C(=O)OC(C)(C)C)C[C@H]43)c2O)c(=O)c1=O)c1ccccc1. The van der Waals surface area contributed by atoms with Crippen molar-refractivity contribution >= 4 is 29.1 Å². The van der Waals surface area contributed by atoms with Crippen molar-refractivity contribution in [3.05, 3.63) is 80.1 Å². The fourth-order valence-corrected chi connectivity index (χ4v) is 5.45. The van der Waals surface area contributed by atoms with Gasteiger partial charge in [-0.2, -0.15) is 0 Å². The van der Waals surface area contributed by atoms with Crippen LogP contribution in [0.5, 0.6) is 5.75 Å². The molecule has 5 rings (SSSR count). The number of para-hydroxylation sites is 1. The lowest BCUT2D eigenvalue weighted by Gasteiger charge is -2.36. The van der Waals surface area contributed by atoms with Crippen LogP contribution in [0.25, 0.3) is 0 Å². The summed E-state index contributed by atoms with van der Waals surface area (Å²) in [7, 11) is 0. The van der Waals surface area contributed by atoms with Gasteiger partial charge in [-0.15, -0.1) is 0 Å². The van der Waals surface area contributed by atoms with Crippen LogP contribution < -0.4 is 21.5 Å². The van der Waals surface area contributed by atoms with Crippen molar-refractivity contribution in [1.29, 1.82) is 0 Å². The van der Waals surface area contributed by atoms with Crippen LogP contribution in [0.2, 0.25) is 0 Å². The van der Waals surface area contributed by atoms with Gasteiger partial charge in [0.25, 0.3) is 16.8 Å². The quantitative estimate of drug-likeness (QED) is 0.284. The van der Waals surface area contributed by atoms with Crippen molar-refractivity contribution in [3.8, 4) is 5.75 Å². The van der Waals surface area contributed by atoms with Gasteiger partial charge in [0, 0.05) is 13.1 Å². The van der Waals surface area contributed by atoms with E-state index in [0.29, 0.717) is 13.0 Å². The Balaban J connectivity index is 1.34. The molecule has 2 aliphatic rings. The van der Waals surface area contributed by atoms with Crippen molar-refractivity contribution < 1.29 is 24.2 Å². The van der Waals surface area contributed by atoms with E-state index >= 15 is 0 Å². The van der Waals surface area contributed by atoms with E-state index in [4.69, 9.17) is 9.47 Å². The number of benzene rings is 2. The molecule has 222 valence electrons. The van der Waals surface area contributed by atoms with Gasteiger partial charge < -0.3 is 35.0 Å². The lowest BCUT2D eigenvalue weighted by Crippen LogP contribution is -2.53. The lowest BCUT2D eigenvalue weighted by atomic mass is 10.0. The molecular weight excluding hydrogens is 540 g/mol. The number of nitrogens with one attached hydrogen (secondary N) is 2. The fourth-order valence-electron chi connectivity index (χ4n) is 5.45. The number of nitrogens with zero attached hydrogens (tertiary/aromatic N) is 2. The first kappa shape index (κ1) is 29.1. The maximum absolute atomic E-state index is 13.7. The van der Waals surface area contributed by atoms with E-state index in [1.807, 2.05) is 37.3 Å². The highest BCUT2D eigenvalue weighted by Gasteiger charge is 2.45. The monoisotopic (exact) mass is 576 g/mol. The van der Waals surface area contributed by atoms with Crippen LogP contribution in [0.3, 0.4) is 0 Å². The Morgan fingerprint density at radius 1 is 1.05 bits per heavy atom. The number of carbonyl (C=O) groups is 2. The number of aromatic hydroxyl groups is 1. The Labute approximate surface area is 243 Å². The van der Waals surface area contributed by atoms with E-state index in [1.165, 1.54) is 17.0 Å². The number of likely N-dealkylation sites (tertiary alicyclic amines) is 1. The first-order chi connectivity index (χ1) is 20.0. The number of amides is 2. The van der Waals surface area contributed by atoms with Gasteiger partial charge in [-0.1, -0.05) is 43.3 Å². The molecule has 42 heavy (non-hydrogen) atoms. The number of morpholine rings is 1. The molecule has 11 nitrogen and oxygen atoms in total. The zero-order valence-corrected chi connectivity index (χ0v) is 24.2. The second-order valence-electron chi connectivity index (χ2n) is 11.6. The van der Waals surface area contributed by atoms with E-state index < -0.39 is 34.5 Å². The predicted octanol–water partition coefficient (Wildman–Crippen LogP) is 3.76. The molecule has 2 fully saturated rings. The molecule has 0 aromatic heterocycles. The van der Waals surface area contributed by atoms with E-state index in [1.54, 1.807) is 31.7 Å². The molecule has 0 spiro atoms. The molecule has 0 radical (unpaired) electrons. The summed E-state index contributed by atoms with van der Waals surface area (Å²) in [4.78, 5) is 54.5. The zero-order chi connectivity index (χ0) is 30.2. The first-order valence-electron chi connectivity index (χ1n) is 14.1. The fraction of sp³-hybridized carbons (Fsp3) is 0.419. The number of anilines is 3. The summed E-state index contributed by atoms with van der Waals surface area (Å²) < 4.78 is 11.4. The van der Waals surface area contributed by atoms with E-state index in [9.17, 15) is 24.3 Å². The van der Waals surface area contributed by atoms with Crippen molar-refractivity contribution in [2.24, 2.45) is 0 Å². The van der Waals surface area contributed by atoms with Gasteiger partial charge in [-0.25, -0.2) is 4.79 Å². The molecule has 3 N–H and O–H groups in total. The number of hydrogen-bond donors (Lipinski definition) is 3. The Morgan fingerprint density at radius 3 is 2.45 bits per heavy atom. The highest BCUT2D eigenvalue weighted by molar-refractivity contribution is 5.99. The minimum Gasteiger partial charge on any atom is -0.505 e. The van der Waals surface area contributed by atoms with Gasteiger partial charge >= 0.3 is 6.09 Å². The van der Waals surface area contributed by atoms with Crippen molar-refractivity contribution in [2.45, 2.75) is 57.9 Å². The highest BCUT2D eigenvalue weighted by atomic mass is 16.6. The topological polar surface area (TPSA) is 138 Å². The molecule has 2 amide bonds. The smallest absolute Gasteiger partial charge is 0.410 e. The van der Waals surface area contributed by atoms with Crippen LogP contribution in [0.4, 0.5) is 21.9 Å². The van der Waals surface area contributed by atoms with Crippen LogP contribution in [0.15, 0.2) is 58.1 Å². The Hall–Kier alpha value is -4.38. The molecule has 11 heteroatoms. The summed E-state index contributed by atoms with van der Waals surface area (Å²) >= 11 is 0. The molecule has 2 heterocycles. The van der Waals surface area contributed by atoms with Gasteiger partial charge in [0.15, 0.2) is 5.75 Å². The van der Waals surface area contributed by atoms with Crippen molar-refractivity contribution in [1.82, 2.24) is 9.80 Å². The van der Waals surface area contributed by atoms with Gasteiger partial charge in [0.1, 0.15) is 17.0 Å². The van der Waals surface area contributed by atoms with Crippen LogP contribution in [-0.2, 0) is 9.47 Å². The molecule has 0 aliphatic carbocycles. The molecule has 2 saturated heterocycles. The lowest BCUT2D eigenvalue weighted by molar-refractivity contribution is -0.0373. The second kappa shape index (κ2) is 11.5. The van der Waals surface area contributed by atoms with Crippen LogP contribution >= 0.6 is 0 Å². The Morgan fingerprint density at radius 2 is 1.76 bits per heavy atom. The molecule has 0 unspecified atom stereocenters. The predicted molar refractivity (Wildman–Crippen MR) is 158 cm³/mol. The molecular formula is C31H36N4O7. The van der Waals surface area contributed by atoms with Crippen LogP contribution in [0.1, 0.15) is 56.1 Å². The zero-order valence-electron chi connectivity index (χ0n) is 24.2. The number of carbonyl (C=O) groups excluding carboxylic acids is 2.